The highest BCUT2D eigenvalue weighted by molar-refractivity contribution is 7.98. The van der Waals surface area contributed by atoms with Gasteiger partial charge in [0.1, 0.15) is 11.6 Å². The second-order valence-corrected chi connectivity index (χ2v) is 7.93. The molecule has 0 saturated heterocycles. The Balaban J connectivity index is 1.82. The number of hydrogen-bond acceptors (Lipinski definition) is 4. The lowest BCUT2D eigenvalue weighted by molar-refractivity contribution is 0.591. The number of anilines is 1. The minimum absolute atomic E-state index is 0.143. The van der Waals surface area contributed by atoms with Crippen LogP contribution in [0.2, 0.25) is 0 Å². The molecule has 0 spiro atoms. The molecular formula is C23H19F2N3OS. The zero-order valence-electron chi connectivity index (χ0n) is 16.5. The van der Waals surface area contributed by atoms with Crippen LogP contribution in [0.25, 0.3) is 16.6 Å². The predicted molar refractivity (Wildman–Crippen MR) is 118 cm³/mol. The lowest BCUT2D eigenvalue weighted by Crippen LogP contribution is -2.22. The number of thioether (sulfide) groups is 1. The average Bonchev–Trinajstić information content (AvgIpc) is 2.74. The molecule has 0 aliphatic rings. The van der Waals surface area contributed by atoms with Crippen LogP contribution >= 0.6 is 11.8 Å². The van der Waals surface area contributed by atoms with Crippen LogP contribution in [0.15, 0.2) is 76.7 Å². The maximum atomic E-state index is 14.1. The molecular weight excluding hydrogens is 404 g/mol. The Morgan fingerprint density at radius 1 is 1.00 bits per heavy atom. The Hall–Kier alpha value is -3.19. The highest BCUT2D eigenvalue weighted by Crippen LogP contribution is 2.26. The van der Waals surface area contributed by atoms with Crippen LogP contribution in [0.4, 0.5) is 14.5 Å². The van der Waals surface area contributed by atoms with Gasteiger partial charge < -0.3 is 4.90 Å². The number of benzene rings is 3. The molecule has 0 bridgehead atoms. The summed E-state index contributed by atoms with van der Waals surface area (Å²) in [5.74, 6) is -0.853. The minimum Gasteiger partial charge on any atom is -0.378 e. The molecule has 4 nitrogen and oxygen atoms in total. The number of rotatable bonds is 5. The minimum atomic E-state index is -0.505. The predicted octanol–water partition coefficient (Wildman–Crippen LogP) is 5.02. The molecule has 0 radical (unpaired) electrons. The maximum Gasteiger partial charge on any atom is 0.266 e. The number of fused-ring (bicyclic) bond motifs is 1. The summed E-state index contributed by atoms with van der Waals surface area (Å²) in [5, 5.41) is 0.912. The van der Waals surface area contributed by atoms with Gasteiger partial charge in [-0.15, -0.1) is 0 Å². The summed E-state index contributed by atoms with van der Waals surface area (Å²) in [6.45, 7) is 0. The largest absolute Gasteiger partial charge is 0.378 e. The molecule has 0 aliphatic carbocycles. The molecule has 4 rings (SSSR count). The molecule has 0 aliphatic heterocycles. The van der Waals surface area contributed by atoms with Gasteiger partial charge in [-0.1, -0.05) is 23.9 Å². The van der Waals surface area contributed by atoms with Gasteiger partial charge in [0, 0.05) is 31.1 Å². The molecule has 0 N–H and O–H groups in total. The molecule has 0 atom stereocenters. The van der Waals surface area contributed by atoms with Crippen LogP contribution in [0.5, 0.6) is 0 Å². The number of aromatic nitrogens is 2. The lowest BCUT2D eigenvalue weighted by atomic mass is 10.2. The maximum absolute atomic E-state index is 14.1. The van der Waals surface area contributed by atoms with E-state index in [2.05, 4.69) is 4.98 Å². The summed E-state index contributed by atoms with van der Waals surface area (Å²) < 4.78 is 29.1. The third kappa shape index (κ3) is 3.93. The Bertz CT molecular complexity index is 1270. The quantitative estimate of drug-likeness (QED) is 0.334. The molecule has 7 heteroatoms. The van der Waals surface area contributed by atoms with E-state index in [0.717, 1.165) is 23.9 Å². The van der Waals surface area contributed by atoms with Gasteiger partial charge in [0.15, 0.2) is 5.16 Å². The number of para-hydroxylation sites is 1. The van der Waals surface area contributed by atoms with Gasteiger partial charge in [0.2, 0.25) is 0 Å². The van der Waals surface area contributed by atoms with Crippen molar-refractivity contribution < 1.29 is 8.78 Å². The van der Waals surface area contributed by atoms with E-state index >= 15 is 0 Å². The van der Waals surface area contributed by atoms with Gasteiger partial charge in [-0.3, -0.25) is 9.36 Å². The van der Waals surface area contributed by atoms with Crippen LogP contribution in [0.1, 0.15) is 5.56 Å². The van der Waals surface area contributed by atoms with Crippen LogP contribution in [-0.2, 0) is 5.75 Å². The third-order valence-corrected chi connectivity index (χ3v) is 5.72. The molecule has 152 valence electrons. The summed E-state index contributed by atoms with van der Waals surface area (Å²) in [4.78, 5) is 19.9. The Kier molecular flexibility index (Phi) is 5.55. The van der Waals surface area contributed by atoms with Gasteiger partial charge in [-0.2, -0.15) is 0 Å². The fraction of sp³-hybridized carbons (Fsp3) is 0.130. The number of hydrogen-bond donors (Lipinski definition) is 0. The van der Waals surface area contributed by atoms with Gasteiger partial charge in [0.25, 0.3) is 5.56 Å². The van der Waals surface area contributed by atoms with Gasteiger partial charge in [0.05, 0.1) is 16.6 Å². The summed E-state index contributed by atoms with van der Waals surface area (Å²) in [6, 6.07) is 18.0. The van der Waals surface area contributed by atoms with Crippen LogP contribution in [0, 0.1) is 11.6 Å². The van der Waals surface area contributed by atoms with Crippen molar-refractivity contribution in [3.8, 4) is 5.69 Å². The lowest BCUT2D eigenvalue weighted by Gasteiger charge is -2.16. The van der Waals surface area contributed by atoms with E-state index in [1.54, 1.807) is 18.2 Å². The normalized spacial score (nSPS) is 11.1. The molecule has 4 aromatic rings. The fourth-order valence-electron chi connectivity index (χ4n) is 3.13. The summed E-state index contributed by atoms with van der Waals surface area (Å²) >= 11 is 1.19. The Morgan fingerprint density at radius 3 is 2.47 bits per heavy atom. The van der Waals surface area contributed by atoms with Crippen LogP contribution in [0.3, 0.4) is 0 Å². The van der Waals surface area contributed by atoms with Crippen LogP contribution in [-0.4, -0.2) is 23.6 Å². The van der Waals surface area contributed by atoms with E-state index in [1.807, 2.05) is 49.3 Å². The summed E-state index contributed by atoms with van der Waals surface area (Å²) in [7, 11) is 3.88. The zero-order chi connectivity index (χ0) is 21.3. The highest BCUT2D eigenvalue weighted by atomic mass is 32.2. The highest BCUT2D eigenvalue weighted by Gasteiger charge is 2.15. The topological polar surface area (TPSA) is 38.1 Å². The van der Waals surface area contributed by atoms with E-state index in [1.165, 1.54) is 16.3 Å². The SMILES string of the molecule is CN(C)c1ccc(-n2c(SCc3cc(F)ccc3F)nc3ccccc3c2=O)cc1. The van der Waals surface area contributed by atoms with Crippen LogP contribution < -0.4 is 10.5 Å². The number of halogens is 2. The molecule has 0 fully saturated rings. The first-order chi connectivity index (χ1) is 14.4. The summed E-state index contributed by atoms with van der Waals surface area (Å²) in [6.07, 6.45) is 0. The molecule has 3 aromatic carbocycles. The first-order valence-corrected chi connectivity index (χ1v) is 10.3. The van der Waals surface area contributed by atoms with Crippen molar-refractivity contribution in [1.29, 1.82) is 0 Å². The van der Waals surface area contributed by atoms with Gasteiger partial charge >= 0.3 is 0 Å². The molecule has 30 heavy (non-hydrogen) atoms. The van der Waals surface area contributed by atoms with Gasteiger partial charge in [-0.25, -0.2) is 13.8 Å². The molecule has 1 heterocycles. The van der Waals surface area contributed by atoms with E-state index in [0.29, 0.717) is 21.7 Å². The standard InChI is InChI=1S/C23H19F2N3OS/c1-27(2)17-8-10-18(11-9-17)28-22(29)19-5-3-4-6-21(19)26-23(28)30-14-15-13-16(24)7-12-20(15)25/h3-13H,14H2,1-2H3. The fourth-order valence-corrected chi connectivity index (χ4v) is 4.12. The van der Waals surface area contributed by atoms with Crippen molar-refractivity contribution in [2.45, 2.75) is 10.9 Å². The van der Waals surface area contributed by atoms with Crippen molar-refractivity contribution in [3.05, 3.63) is 94.3 Å². The number of nitrogens with zero attached hydrogens (tertiary/aromatic N) is 3. The van der Waals surface area contributed by atoms with E-state index in [9.17, 15) is 13.6 Å². The average molecular weight is 423 g/mol. The second kappa shape index (κ2) is 8.28. The summed E-state index contributed by atoms with van der Waals surface area (Å²) in [5.41, 5.74) is 2.23. The monoisotopic (exact) mass is 423 g/mol. The molecule has 1 aromatic heterocycles. The van der Waals surface area contributed by atoms with Crippen molar-refractivity contribution >= 4 is 28.4 Å². The van der Waals surface area contributed by atoms with Crippen molar-refractivity contribution in [1.82, 2.24) is 9.55 Å². The Morgan fingerprint density at radius 2 is 1.73 bits per heavy atom. The molecule has 0 unspecified atom stereocenters. The van der Waals surface area contributed by atoms with Crippen molar-refractivity contribution in [2.75, 3.05) is 19.0 Å². The van der Waals surface area contributed by atoms with E-state index < -0.39 is 11.6 Å². The zero-order valence-corrected chi connectivity index (χ0v) is 17.3. The second-order valence-electron chi connectivity index (χ2n) is 6.99. The Labute approximate surface area is 176 Å². The van der Waals surface area contributed by atoms with E-state index in [4.69, 9.17) is 0 Å². The van der Waals surface area contributed by atoms with Crippen molar-refractivity contribution in [2.24, 2.45) is 0 Å². The van der Waals surface area contributed by atoms with E-state index in [-0.39, 0.29) is 16.9 Å². The first kappa shape index (κ1) is 20.1. The molecule has 0 saturated carbocycles. The van der Waals surface area contributed by atoms with Crippen molar-refractivity contribution in [3.63, 3.8) is 0 Å². The smallest absolute Gasteiger partial charge is 0.266 e. The van der Waals surface area contributed by atoms with Gasteiger partial charge in [-0.05, 0) is 54.6 Å². The first-order valence-electron chi connectivity index (χ1n) is 9.30. The third-order valence-electron chi connectivity index (χ3n) is 4.73. The molecule has 0 amide bonds.